The molecule has 2 amide bonds. The molecule has 4 nitrogen and oxygen atoms in total. The lowest BCUT2D eigenvalue weighted by atomic mass is 9.90. The third-order valence-electron chi connectivity index (χ3n) is 6.48. The zero-order valence-electron chi connectivity index (χ0n) is 19.0. The van der Waals surface area contributed by atoms with Gasteiger partial charge in [-0.3, -0.25) is 9.59 Å². The molecule has 0 saturated carbocycles. The molecule has 0 fully saturated rings. The Bertz CT molecular complexity index is 1090. The summed E-state index contributed by atoms with van der Waals surface area (Å²) < 4.78 is 0. The molecule has 0 spiro atoms. The summed E-state index contributed by atoms with van der Waals surface area (Å²) in [7, 11) is 0. The second kappa shape index (κ2) is 9.70. The second-order valence-corrected chi connectivity index (χ2v) is 9.45. The van der Waals surface area contributed by atoms with Gasteiger partial charge in [-0.1, -0.05) is 49.4 Å². The van der Waals surface area contributed by atoms with Crippen LogP contribution >= 0.6 is 11.3 Å². The Hall–Kier alpha value is -2.92. The van der Waals surface area contributed by atoms with Gasteiger partial charge in [-0.2, -0.15) is 0 Å². The fourth-order valence-electron chi connectivity index (χ4n) is 4.45. The summed E-state index contributed by atoms with van der Waals surface area (Å²) in [6, 6.07) is 19.6. The molecule has 2 aromatic carbocycles. The zero-order chi connectivity index (χ0) is 22.7. The maximum atomic E-state index is 13.7. The Morgan fingerprint density at radius 2 is 1.78 bits per heavy atom. The maximum absolute atomic E-state index is 13.7. The van der Waals surface area contributed by atoms with Crippen molar-refractivity contribution in [1.82, 2.24) is 9.80 Å². The average molecular weight is 447 g/mol. The number of hydrogen-bond acceptors (Lipinski definition) is 3. The molecule has 1 aliphatic heterocycles. The first kappa shape index (κ1) is 22.3. The SMILES string of the molecule is CCC(C)N(CC(=O)N1CCc2sccc2C1c1ccccc1C)C(=O)c1ccccc1. The molecule has 4 rings (SSSR count). The molecule has 1 aliphatic rings. The van der Waals surface area contributed by atoms with Crippen molar-refractivity contribution in [3.05, 3.63) is 93.2 Å². The highest BCUT2D eigenvalue weighted by molar-refractivity contribution is 7.10. The van der Waals surface area contributed by atoms with Crippen LogP contribution in [0.4, 0.5) is 0 Å². The third-order valence-corrected chi connectivity index (χ3v) is 7.48. The monoisotopic (exact) mass is 446 g/mol. The maximum Gasteiger partial charge on any atom is 0.254 e. The van der Waals surface area contributed by atoms with E-state index < -0.39 is 0 Å². The zero-order valence-corrected chi connectivity index (χ0v) is 19.8. The van der Waals surface area contributed by atoms with Crippen LogP contribution in [0.1, 0.15) is 58.2 Å². The summed E-state index contributed by atoms with van der Waals surface area (Å²) in [6.07, 6.45) is 1.65. The molecular weight excluding hydrogens is 416 g/mol. The van der Waals surface area contributed by atoms with Gasteiger partial charge in [0.1, 0.15) is 6.54 Å². The molecule has 0 N–H and O–H groups in total. The summed E-state index contributed by atoms with van der Waals surface area (Å²) in [5, 5.41) is 2.12. The van der Waals surface area contributed by atoms with Gasteiger partial charge in [0, 0.05) is 23.0 Å². The molecule has 2 unspecified atom stereocenters. The molecule has 0 aliphatic carbocycles. The van der Waals surface area contributed by atoms with Crippen LogP contribution in [-0.2, 0) is 11.2 Å². The number of amides is 2. The minimum atomic E-state index is -0.107. The average Bonchev–Trinajstić information content (AvgIpc) is 3.31. The number of hydrogen-bond donors (Lipinski definition) is 0. The highest BCUT2D eigenvalue weighted by Gasteiger charge is 2.35. The van der Waals surface area contributed by atoms with Crippen LogP contribution in [0.2, 0.25) is 0 Å². The molecule has 5 heteroatoms. The van der Waals surface area contributed by atoms with Gasteiger partial charge in [-0.15, -0.1) is 11.3 Å². The quantitative estimate of drug-likeness (QED) is 0.504. The Morgan fingerprint density at radius 3 is 2.50 bits per heavy atom. The summed E-state index contributed by atoms with van der Waals surface area (Å²) in [5.74, 6) is -0.0892. The van der Waals surface area contributed by atoms with Gasteiger partial charge in [-0.05, 0) is 67.0 Å². The summed E-state index contributed by atoms with van der Waals surface area (Å²) in [6.45, 7) is 6.92. The largest absolute Gasteiger partial charge is 0.330 e. The Balaban J connectivity index is 1.65. The van der Waals surface area contributed by atoms with Crippen LogP contribution in [0, 0.1) is 6.92 Å². The van der Waals surface area contributed by atoms with Crippen molar-refractivity contribution in [3.8, 4) is 0 Å². The Morgan fingerprint density at radius 1 is 1.06 bits per heavy atom. The summed E-state index contributed by atoms with van der Waals surface area (Å²) in [4.78, 5) is 32.1. The van der Waals surface area contributed by atoms with Crippen LogP contribution in [0.5, 0.6) is 0 Å². The lowest BCUT2D eigenvalue weighted by molar-refractivity contribution is -0.134. The first-order chi connectivity index (χ1) is 15.5. The minimum Gasteiger partial charge on any atom is -0.330 e. The van der Waals surface area contributed by atoms with Gasteiger partial charge in [0.15, 0.2) is 0 Å². The van der Waals surface area contributed by atoms with Crippen molar-refractivity contribution < 1.29 is 9.59 Å². The number of carbonyl (C=O) groups excluding carboxylic acids is 2. The van der Waals surface area contributed by atoms with Gasteiger partial charge in [0.2, 0.25) is 5.91 Å². The molecule has 2 atom stereocenters. The molecule has 0 radical (unpaired) electrons. The Kier molecular flexibility index (Phi) is 6.75. The van der Waals surface area contributed by atoms with Crippen LogP contribution in [0.25, 0.3) is 0 Å². The van der Waals surface area contributed by atoms with E-state index in [-0.39, 0.29) is 30.4 Å². The number of thiophene rings is 1. The number of aryl methyl sites for hydroxylation is 1. The van der Waals surface area contributed by atoms with E-state index in [1.54, 1.807) is 16.2 Å². The van der Waals surface area contributed by atoms with E-state index in [9.17, 15) is 9.59 Å². The number of rotatable bonds is 6. The topological polar surface area (TPSA) is 40.6 Å². The highest BCUT2D eigenvalue weighted by atomic mass is 32.1. The van der Waals surface area contributed by atoms with E-state index in [1.807, 2.05) is 54.3 Å². The lowest BCUT2D eigenvalue weighted by Gasteiger charge is -2.39. The fraction of sp³-hybridized carbons (Fsp3) is 0.333. The van der Waals surface area contributed by atoms with Crippen molar-refractivity contribution in [2.24, 2.45) is 0 Å². The molecule has 32 heavy (non-hydrogen) atoms. The van der Waals surface area contributed by atoms with Crippen LogP contribution in [0.15, 0.2) is 66.0 Å². The van der Waals surface area contributed by atoms with Gasteiger partial charge >= 0.3 is 0 Å². The van der Waals surface area contributed by atoms with Crippen molar-refractivity contribution in [3.63, 3.8) is 0 Å². The number of nitrogens with zero attached hydrogens (tertiary/aromatic N) is 2. The van der Waals surface area contributed by atoms with E-state index in [0.29, 0.717) is 12.1 Å². The van der Waals surface area contributed by atoms with Crippen LogP contribution < -0.4 is 0 Å². The van der Waals surface area contributed by atoms with Crippen LogP contribution in [0.3, 0.4) is 0 Å². The smallest absolute Gasteiger partial charge is 0.254 e. The predicted molar refractivity (Wildman–Crippen MR) is 130 cm³/mol. The van der Waals surface area contributed by atoms with Crippen molar-refractivity contribution >= 4 is 23.2 Å². The Labute approximate surface area is 194 Å². The molecule has 0 saturated heterocycles. The van der Waals surface area contributed by atoms with Crippen molar-refractivity contribution in [1.29, 1.82) is 0 Å². The van der Waals surface area contributed by atoms with Crippen LogP contribution in [-0.4, -0.2) is 40.7 Å². The van der Waals surface area contributed by atoms with E-state index in [2.05, 4.69) is 37.4 Å². The van der Waals surface area contributed by atoms with E-state index in [0.717, 1.165) is 18.4 Å². The molecule has 3 aromatic rings. The van der Waals surface area contributed by atoms with Gasteiger partial charge in [0.25, 0.3) is 5.91 Å². The lowest BCUT2D eigenvalue weighted by Crippen LogP contribution is -2.49. The standard InChI is InChI=1S/C27H30N2O2S/c1-4-20(3)29(27(31)21-11-6-5-7-12-21)18-25(30)28-16-14-24-23(15-17-32-24)26(28)22-13-9-8-10-19(22)2/h5-13,15,17,20,26H,4,14,16,18H2,1-3H3. The van der Waals surface area contributed by atoms with Gasteiger partial charge < -0.3 is 9.80 Å². The van der Waals surface area contributed by atoms with E-state index in [4.69, 9.17) is 0 Å². The predicted octanol–water partition coefficient (Wildman–Crippen LogP) is 5.47. The van der Waals surface area contributed by atoms with Gasteiger partial charge in [0.05, 0.1) is 6.04 Å². The highest BCUT2D eigenvalue weighted by Crippen LogP contribution is 2.39. The van der Waals surface area contributed by atoms with E-state index in [1.165, 1.54) is 16.0 Å². The first-order valence-electron chi connectivity index (χ1n) is 11.3. The molecular formula is C27H30N2O2S. The van der Waals surface area contributed by atoms with Crippen molar-refractivity contribution in [2.75, 3.05) is 13.1 Å². The minimum absolute atomic E-state index is 0.000292. The van der Waals surface area contributed by atoms with Crippen molar-refractivity contribution in [2.45, 2.75) is 45.7 Å². The normalized spacial score (nSPS) is 16.3. The summed E-state index contributed by atoms with van der Waals surface area (Å²) >= 11 is 1.77. The molecule has 1 aromatic heterocycles. The summed E-state index contributed by atoms with van der Waals surface area (Å²) in [5.41, 5.74) is 4.17. The molecule has 2 heterocycles. The number of benzene rings is 2. The third kappa shape index (κ3) is 4.35. The fourth-order valence-corrected chi connectivity index (χ4v) is 5.35. The molecule has 0 bridgehead atoms. The second-order valence-electron chi connectivity index (χ2n) is 8.45. The van der Waals surface area contributed by atoms with Gasteiger partial charge in [-0.25, -0.2) is 0 Å². The van der Waals surface area contributed by atoms with E-state index >= 15 is 0 Å². The number of fused-ring (bicyclic) bond motifs is 1. The number of carbonyl (C=O) groups is 2. The molecule has 166 valence electrons. The first-order valence-corrected chi connectivity index (χ1v) is 12.2.